The molecule has 1 amide bonds. The second-order valence-electron chi connectivity index (χ2n) is 4.59. The van der Waals surface area contributed by atoms with Gasteiger partial charge in [0.25, 0.3) is 0 Å². The third kappa shape index (κ3) is 2.52. The number of likely N-dealkylation sites (N-methyl/N-ethyl adjacent to an activating group) is 1. The largest absolute Gasteiger partial charge is 0.481 e. The number of rotatable bonds is 5. The second-order valence-corrected chi connectivity index (χ2v) is 4.59. The first kappa shape index (κ1) is 13.0. The molecule has 0 aromatic rings. The van der Waals surface area contributed by atoms with Crippen molar-refractivity contribution in [3.8, 4) is 0 Å². The predicted molar refractivity (Wildman–Crippen MR) is 59.8 cm³/mol. The lowest BCUT2D eigenvalue weighted by atomic mass is 9.76. The first-order valence-electron chi connectivity index (χ1n) is 5.72. The fourth-order valence-electron chi connectivity index (χ4n) is 1.85. The van der Waals surface area contributed by atoms with Crippen molar-refractivity contribution in [1.82, 2.24) is 4.90 Å². The van der Waals surface area contributed by atoms with Crippen molar-refractivity contribution in [1.29, 1.82) is 0 Å². The zero-order valence-corrected chi connectivity index (χ0v) is 9.90. The maximum Gasteiger partial charge on any atom is 0.308 e. The van der Waals surface area contributed by atoms with E-state index in [0.717, 1.165) is 6.42 Å². The van der Waals surface area contributed by atoms with E-state index < -0.39 is 17.4 Å². The summed E-state index contributed by atoms with van der Waals surface area (Å²) in [5.74, 6) is -1.53. The smallest absolute Gasteiger partial charge is 0.308 e. The van der Waals surface area contributed by atoms with E-state index in [0.29, 0.717) is 19.4 Å². The molecule has 0 bridgehead atoms. The van der Waals surface area contributed by atoms with Crippen LogP contribution in [0.4, 0.5) is 0 Å². The summed E-state index contributed by atoms with van der Waals surface area (Å²) in [7, 11) is 0. The van der Waals surface area contributed by atoms with E-state index in [2.05, 4.69) is 0 Å². The molecule has 1 saturated carbocycles. The fourth-order valence-corrected chi connectivity index (χ4v) is 1.85. The number of carbonyl (C=O) groups is 2. The lowest BCUT2D eigenvalue weighted by Gasteiger charge is -2.40. The fraction of sp³-hybridized carbons (Fsp3) is 0.818. The lowest BCUT2D eigenvalue weighted by Crippen LogP contribution is -2.60. The van der Waals surface area contributed by atoms with Gasteiger partial charge < -0.3 is 15.7 Å². The molecule has 16 heavy (non-hydrogen) atoms. The minimum atomic E-state index is -0.883. The van der Waals surface area contributed by atoms with Crippen LogP contribution in [0.5, 0.6) is 0 Å². The molecule has 0 spiro atoms. The molecule has 0 saturated heterocycles. The third-order valence-corrected chi connectivity index (χ3v) is 3.26. The SMILES string of the molecule is CCN(CC(C)C(=O)O)C(=O)C1(N)CCC1. The van der Waals surface area contributed by atoms with Crippen LogP contribution >= 0.6 is 0 Å². The van der Waals surface area contributed by atoms with Crippen molar-refractivity contribution in [2.75, 3.05) is 13.1 Å². The van der Waals surface area contributed by atoms with Crippen molar-refractivity contribution in [3.63, 3.8) is 0 Å². The van der Waals surface area contributed by atoms with Crippen LogP contribution in [0.3, 0.4) is 0 Å². The molecule has 5 nitrogen and oxygen atoms in total. The Balaban J connectivity index is 2.60. The molecule has 3 N–H and O–H groups in total. The van der Waals surface area contributed by atoms with Gasteiger partial charge in [-0.3, -0.25) is 9.59 Å². The number of amides is 1. The first-order chi connectivity index (χ1) is 7.40. The van der Waals surface area contributed by atoms with Gasteiger partial charge >= 0.3 is 5.97 Å². The third-order valence-electron chi connectivity index (χ3n) is 3.26. The first-order valence-corrected chi connectivity index (χ1v) is 5.72. The highest BCUT2D eigenvalue weighted by molar-refractivity contribution is 5.87. The number of carbonyl (C=O) groups excluding carboxylic acids is 1. The molecule has 1 rings (SSSR count). The number of hydrogen-bond acceptors (Lipinski definition) is 3. The number of nitrogens with two attached hydrogens (primary N) is 1. The van der Waals surface area contributed by atoms with Gasteiger partial charge in [0.1, 0.15) is 0 Å². The number of carboxylic acids is 1. The van der Waals surface area contributed by atoms with Crippen LogP contribution in [-0.4, -0.2) is 40.5 Å². The zero-order chi connectivity index (χ0) is 12.3. The normalized spacial score (nSPS) is 19.7. The molecule has 1 unspecified atom stereocenters. The molecular weight excluding hydrogens is 208 g/mol. The summed E-state index contributed by atoms with van der Waals surface area (Å²) in [5.41, 5.74) is 5.21. The van der Waals surface area contributed by atoms with Gasteiger partial charge in [0.2, 0.25) is 5.91 Å². The summed E-state index contributed by atoms with van der Waals surface area (Å²) in [6.45, 7) is 4.19. The number of nitrogens with zero attached hydrogens (tertiary/aromatic N) is 1. The molecule has 0 radical (unpaired) electrons. The highest BCUT2D eigenvalue weighted by atomic mass is 16.4. The van der Waals surface area contributed by atoms with Crippen LogP contribution < -0.4 is 5.73 Å². The highest BCUT2D eigenvalue weighted by Crippen LogP contribution is 2.31. The maximum absolute atomic E-state index is 12.0. The number of hydrogen-bond donors (Lipinski definition) is 2. The number of carboxylic acid groups (broad SMARTS) is 1. The standard InChI is InChI=1S/C11H20N2O3/c1-3-13(7-8(2)9(14)15)10(16)11(12)5-4-6-11/h8H,3-7,12H2,1-2H3,(H,14,15). The summed E-state index contributed by atoms with van der Waals surface area (Å²) < 4.78 is 0. The Bertz CT molecular complexity index is 287. The Kier molecular flexibility index (Phi) is 3.91. The second kappa shape index (κ2) is 4.82. The van der Waals surface area contributed by atoms with Crippen LogP contribution in [0.1, 0.15) is 33.1 Å². The molecule has 0 heterocycles. The van der Waals surface area contributed by atoms with Gasteiger partial charge in [-0.2, -0.15) is 0 Å². The van der Waals surface area contributed by atoms with Crippen molar-refractivity contribution in [3.05, 3.63) is 0 Å². The van der Waals surface area contributed by atoms with Gasteiger partial charge in [-0.15, -0.1) is 0 Å². The monoisotopic (exact) mass is 228 g/mol. The molecule has 1 aliphatic rings. The number of aliphatic carboxylic acids is 1. The maximum atomic E-state index is 12.0. The van der Waals surface area contributed by atoms with E-state index in [1.807, 2.05) is 6.92 Å². The minimum Gasteiger partial charge on any atom is -0.481 e. The van der Waals surface area contributed by atoms with Gasteiger partial charge in [-0.25, -0.2) is 0 Å². The lowest BCUT2D eigenvalue weighted by molar-refractivity contribution is -0.145. The Morgan fingerprint density at radius 1 is 1.50 bits per heavy atom. The zero-order valence-electron chi connectivity index (χ0n) is 9.90. The summed E-state index contributed by atoms with van der Waals surface area (Å²) in [6.07, 6.45) is 2.40. The summed E-state index contributed by atoms with van der Waals surface area (Å²) in [4.78, 5) is 24.3. The van der Waals surface area contributed by atoms with Gasteiger partial charge in [-0.1, -0.05) is 6.92 Å². The predicted octanol–water partition coefficient (Wildman–Crippen LogP) is 0.437. The van der Waals surface area contributed by atoms with E-state index >= 15 is 0 Å². The Morgan fingerprint density at radius 3 is 2.38 bits per heavy atom. The van der Waals surface area contributed by atoms with Crippen molar-refractivity contribution in [2.45, 2.75) is 38.6 Å². The molecule has 1 atom stereocenters. The van der Waals surface area contributed by atoms with Crippen molar-refractivity contribution < 1.29 is 14.7 Å². The summed E-state index contributed by atoms with van der Waals surface area (Å²) in [6, 6.07) is 0. The van der Waals surface area contributed by atoms with Crippen LogP contribution in [0.2, 0.25) is 0 Å². The average Bonchev–Trinajstić information content (AvgIpc) is 2.20. The van der Waals surface area contributed by atoms with Crippen LogP contribution in [-0.2, 0) is 9.59 Å². The molecule has 92 valence electrons. The van der Waals surface area contributed by atoms with Gasteiger partial charge in [0.15, 0.2) is 0 Å². The van der Waals surface area contributed by atoms with Crippen molar-refractivity contribution >= 4 is 11.9 Å². The molecular formula is C11H20N2O3. The van der Waals surface area contributed by atoms with Crippen LogP contribution in [0.15, 0.2) is 0 Å². The highest BCUT2D eigenvalue weighted by Gasteiger charge is 2.42. The van der Waals surface area contributed by atoms with E-state index in [9.17, 15) is 9.59 Å². The molecule has 0 aromatic heterocycles. The van der Waals surface area contributed by atoms with Crippen molar-refractivity contribution in [2.24, 2.45) is 11.7 Å². The Labute approximate surface area is 95.6 Å². The summed E-state index contributed by atoms with van der Waals surface area (Å²) in [5, 5.41) is 8.81. The molecule has 0 aliphatic heterocycles. The van der Waals surface area contributed by atoms with Crippen LogP contribution in [0.25, 0.3) is 0 Å². The quantitative estimate of drug-likeness (QED) is 0.715. The molecule has 0 aromatic carbocycles. The molecule has 1 fully saturated rings. The Morgan fingerprint density at radius 2 is 2.06 bits per heavy atom. The topological polar surface area (TPSA) is 83.6 Å². The van der Waals surface area contributed by atoms with Gasteiger partial charge in [-0.05, 0) is 26.2 Å². The van der Waals surface area contributed by atoms with Crippen LogP contribution in [0, 0.1) is 5.92 Å². The van der Waals surface area contributed by atoms with Gasteiger partial charge in [0.05, 0.1) is 11.5 Å². The van der Waals surface area contributed by atoms with E-state index in [4.69, 9.17) is 10.8 Å². The molecule has 1 aliphatic carbocycles. The minimum absolute atomic E-state index is 0.102. The van der Waals surface area contributed by atoms with E-state index in [1.54, 1.807) is 11.8 Å². The molecule has 5 heteroatoms. The van der Waals surface area contributed by atoms with E-state index in [-0.39, 0.29) is 12.5 Å². The Hall–Kier alpha value is -1.10. The van der Waals surface area contributed by atoms with E-state index in [1.165, 1.54) is 0 Å². The van der Waals surface area contributed by atoms with Gasteiger partial charge in [0, 0.05) is 13.1 Å². The summed E-state index contributed by atoms with van der Waals surface area (Å²) >= 11 is 0. The average molecular weight is 228 g/mol.